The van der Waals surface area contributed by atoms with Gasteiger partial charge in [0.05, 0.1) is 43.7 Å². The molecule has 4 spiro atoms. The van der Waals surface area contributed by atoms with E-state index in [1.165, 1.54) is 300 Å². The Morgan fingerprint density at radius 2 is 0.387 bits per heavy atom. The summed E-state index contributed by atoms with van der Waals surface area (Å²) < 4.78 is 4.73. The first-order chi connectivity index (χ1) is 73.4. The van der Waals surface area contributed by atoms with E-state index in [0.29, 0.717) is 0 Å². The highest BCUT2D eigenvalue weighted by molar-refractivity contribution is 6.12. The molecule has 0 N–H and O–H groups in total. The number of hydrogen-bond donors (Lipinski definition) is 0. The topological polar surface area (TPSA) is 9.86 Å². The summed E-state index contributed by atoms with van der Waals surface area (Å²) >= 11 is 0. The highest BCUT2D eigenvalue weighted by atomic mass is 15.0. The van der Waals surface area contributed by atoms with Crippen molar-refractivity contribution in [1.82, 2.24) is 9.13 Å². The van der Waals surface area contributed by atoms with Gasteiger partial charge in [-0.15, -0.1) is 0 Å². The van der Waals surface area contributed by atoms with E-state index in [0.717, 1.165) is 0 Å². The van der Waals surface area contributed by atoms with Crippen LogP contribution in [0.1, 0.15) is 156 Å². The van der Waals surface area contributed by atoms with Crippen LogP contribution in [0.2, 0.25) is 0 Å². The molecule has 24 aromatic rings. The zero-order chi connectivity index (χ0) is 101. The van der Waals surface area contributed by atoms with Crippen LogP contribution < -0.4 is 0 Å². The third kappa shape index (κ3) is 13.2. The minimum Gasteiger partial charge on any atom is -0.309 e. The van der Waals surface area contributed by atoms with Gasteiger partial charge in [0, 0.05) is 32.9 Å². The Kier molecular flexibility index (Phi) is 21.3. The van der Waals surface area contributed by atoms with Crippen molar-refractivity contribution in [2.24, 2.45) is 0 Å². The monoisotopic (exact) mass is 1920 g/mol. The van der Waals surface area contributed by atoms with E-state index in [4.69, 9.17) is 0 Å². The molecular weight excluding hydrogens is 1810 g/mol. The fourth-order valence-electron chi connectivity index (χ4n) is 28.3. The zero-order valence-electron chi connectivity index (χ0n) is 86.9. The van der Waals surface area contributed by atoms with Gasteiger partial charge in [-0.3, -0.25) is 0 Å². The van der Waals surface area contributed by atoms with Crippen LogP contribution in [0.15, 0.2) is 473 Å². The fourth-order valence-corrected chi connectivity index (χ4v) is 28.3. The predicted molar refractivity (Wildman–Crippen MR) is 629 cm³/mol. The average Bonchev–Trinajstić information content (AvgIpc) is 1.57. The van der Waals surface area contributed by atoms with Crippen molar-refractivity contribution >= 4 is 43.6 Å². The molecule has 150 heavy (non-hydrogen) atoms. The lowest BCUT2D eigenvalue weighted by Crippen LogP contribution is -2.27. The van der Waals surface area contributed by atoms with Gasteiger partial charge in [0.15, 0.2) is 0 Å². The van der Waals surface area contributed by atoms with Crippen LogP contribution in [0.5, 0.6) is 0 Å². The van der Waals surface area contributed by atoms with Gasteiger partial charge < -0.3 is 9.13 Å². The van der Waals surface area contributed by atoms with Crippen LogP contribution in [0.25, 0.3) is 144 Å². The molecule has 2 heterocycles. The quantitative estimate of drug-likeness (QED) is 0.163. The van der Waals surface area contributed by atoms with Gasteiger partial charge >= 0.3 is 0 Å². The van der Waals surface area contributed by atoms with E-state index in [-0.39, 0.29) is 21.7 Å². The van der Waals surface area contributed by atoms with Gasteiger partial charge in [-0.25, -0.2) is 0 Å². The molecular formula is C148H114N2. The average molecular weight is 1920 g/mol. The lowest BCUT2D eigenvalue weighted by Gasteiger charge is -2.32. The molecule has 8 aliphatic carbocycles. The van der Waals surface area contributed by atoms with E-state index in [9.17, 15) is 0 Å². The molecule has 0 fully saturated rings. The van der Waals surface area contributed by atoms with Crippen molar-refractivity contribution in [3.05, 3.63) is 629 Å². The van der Waals surface area contributed by atoms with Crippen LogP contribution in [0.4, 0.5) is 0 Å². The predicted octanol–water partition coefficient (Wildman–Crippen LogP) is 37.4. The van der Waals surface area contributed by atoms with Crippen molar-refractivity contribution < 1.29 is 0 Å². The normalized spacial score (nSPS) is 13.7. The van der Waals surface area contributed by atoms with Crippen LogP contribution in [-0.2, 0) is 21.7 Å². The molecule has 8 aliphatic rings. The van der Waals surface area contributed by atoms with Crippen LogP contribution in [0.3, 0.4) is 0 Å². The third-order valence-corrected chi connectivity index (χ3v) is 34.2. The van der Waals surface area contributed by atoms with E-state index < -0.39 is 0 Å². The fraction of sp³-hybridized carbons (Fsp3) is 0.108. The third-order valence-electron chi connectivity index (χ3n) is 34.2. The number of aryl methyl sites for hydroxylation is 12. The van der Waals surface area contributed by atoms with Crippen molar-refractivity contribution in [3.8, 4) is 100 Å². The lowest BCUT2D eigenvalue weighted by atomic mass is 9.68. The summed E-state index contributed by atoms with van der Waals surface area (Å²) in [4.78, 5) is 0. The van der Waals surface area contributed by atoms with Crippen LogP contribution >= 0.6 is 0 Å². The first-order valence-electron chi connectivity index (χ1n) is 53.2. The summed E-state index contributed by atoms with van der Waals surface area (Å²) in [7, 11) is 0. The minimum atomic E-state index is -0.200. The molecule has 0 radical (unpaired) electrons. The Bertz CT molecular complexity index is 9320. The summed E-state index contributed by atoms with van der Waals surface area (Å²) in [5.41, 5.74) is 67.7. The Labute approximate surface area is 880 Å². The number of hydrogen-bond acceptors (Lipinski definition) is 0. The van der Waals surface area contributed by atoms with Crippen LogP contribution in [-0.4, -0.2) is 9.13 Å². The molecule has 0 aliphatic heterocycles. The Balaban J connectivity index is 0.0000000888. The molecule has 2 aromatic heterocycles. The number of aromatic nitrogens is 2. The molecule has 0 unspecified atom stereocenters. The van der Waals surface area contributed by atoms with Gasteiger partial charge in [0.1, 0.15) is 0 Å². The molecule has 2 nitrogen and oxygen atoms in total. The first-order valence-corrected chi connectivity index (χ1v) is 53.2. The standard InChI is InChI=1S/4C27H20.2C20H17N/c1-17-9-7-13-21-19-11-3-5-15-23(19)27(25(17)21)24-16-6-4-12-20(24)22-14-8-10-18(2)26(22)27;1-17-9-7-15-23-25(17)19-11-3-5-13-21(19)27(23)22-14-6-4-12-20(22)26-18(2)10-8-16-24(26)27;1-17-11-13-21-19-7-3-5-9-23(19)27(25(21)15-17)24-10-6-4-8-20(24)22-14-12-18(2)16-26(22)27;1-17-11-13-21-22-14-12-18(2)16-26(22)27(25(21)15-17)23-9-5-3-7-19(23)20-8-4-6-10-24(20)27;1-14-11-12-20-17(13-14)16-8-4-6-10-19(16)21(20)18-9-5-3-7-15(18)2;1-14-6-5-7-16(12-14)21-19-9-4-3-8-17(19)18-13-15(2)10-11-20(18)21/h4*3-16H,1-2H3;2*3-13H,1-2H3. The number of nitrogens with zero attached hydrogens (tertiary/aromatic N) is 2. The highest BCUT2D eigenvalue weighted by Crippen LogP contribution is 2.69. The molecule has 0 atom stereocenters. The van der Waals surface area contributed by atoms with E-state index >= 15 is 0 Å². The van der Waals surface area contributed by atoms with E-state index in [2.05, 4.69) is 565 Å². The van der Waals surface area contributed by atoms with Crippen LogP contribution in [0, 0.1) is 83.1 Å². The maximum atomic E-state index is 2.41. The maximum Gasteiger partial charge on any atom is 0.0730 e. The number of rotatable bonds is 2. The Morgan fingerprint density at radius 1 is 0.140 bits per heavy atom. The van der Waals surface area contributed by atoms with Gasteiger partial charge in [-0.2, -0.15) is 0 Å². The highest BCUT2D eigenvalue weighted by Gasteiger charge is 2.57. The zero-order valence-corrected chi connectivity index (χ0v) is 86.9. The number of benzene rings is 22. The summed E-state index contributed by atoms with van der Waals surface area (Å²) in [6, 6.07) is 175. The second-order valence-electron chi connectivity index (χ2n) is 42.9. The molecule has 22 aromatic carbocycles. The van der Waals surface area contributed by atoms with Crippen molar-refractivity contribution in [2.75, 3.05) is 0 Å². The van der Waals surface area contributed by atoms with Gasteiger partial charge in [0.2, 0.25) is 0 Å². The van der Waals surface area contributed by atoms with Gasteiger partial charge in [-0.1, -0.05) is 452 Å². The summed E-state index contributed by atoms with van der Waals surface area (Å²) in [5.74, 6) is 0. The number of para-hydroxylation sites is 3. The molecule has 2 heteroatoms. The first kappa shape index (κ1) is 91.1. The molecule has 32 rings (SSSR count). The molecule has 0 saturated heterocycles. The summed E-state index contributed by atoms with van der Waals surface area (Å²) in [6.45, 7) is 26.5. The summed E-state index contributed by atoms with van der Waals surface area (Å²) in [6.07, 6.45) is 0. The SMILES string of the molecule is Cc1ccc2c(c1)C1(c3ccccc3-2)c2ccccc2-c2ccc(C)cc21.Cc1ccc2c(c1)C1(c3ccccc3-c3ccccc31)c1cc(C)ccc1-2.Cc1ccc2c(c1)c1ccccc1n2-c1ccccc1C.Cc1cccc(-n2c3ccccc3c3cc(C)ccc32)c1.Cc1cccc2c1-c1ccccc1C21c2ccccc2-c2c(C)cccc21.Cc1cccc2c1C1(c3ccccc3-2)c2ccccc2-c2cccc(C)c21. The smallest absolute Gasteiger partial charge is 0.0730 e. The van der Waals surface area contributed by atoms with Gasteiger partial charge in [0.25, 0.3) is 0 Å². The minimum absolute atomic E-state index is 0.199. The largest absolute Gasteiger partial charge is 0.309 e. The second-order valence-corrected chi connectivity index (χ2v) is 42.9. The van der Waals surface area contributed by atoms with E-state index in [1.54, 1.807) is 0 Å². The molecule has 0 bridgehead atoms. The van der Waals surface area contributed by atoms with E-state index in [1.807, 2.05) is 0 Å². The van der Waals surface area contributed by atoms with Crippen molar-refractivity contribution in [1.29, 1.82) is 0 Å². The Hall–Kier alpha value is -17.6. The maximum absolute atomic E-state index is 2.41. The molecule has 716 valence electrons. The van der Waals surface area contributed by atoms with Crippen molar-refractivity contribution in [3.63, 3.8) is 0 Å². The number of fused-ring (bicyclic) bond motifs is 46. The van der Waals surface area contributed by atoms with Crippen molar-refractivity contribution in [2.45, 2.75) is 105 Å². The molecule has 0 saturated carbocycles. The molecule has 0 amide bonds. The Morgan fingerprint density at radius 3 is 0.773 bits per heavy atom. The summed E-state index contributed by atoms with van der Waals surface area (Å²) in [5, 5.41) is 5.29. The lowest BCUT2D eigenvalue weighted by molar-refractivity contribution is 0.779. The second kappa shape index (κ2) is 35.1. The van der Waals surface area contributed by atoms with Gasteiger partial charge in [-0.05, 0) is 349 Å².